The zero-order chi connectivity index (χ0) is 13.5. The molecule has 0 radical (unpaired) electrons. The molecule has 2 rings (SSSR count). The highest BCUT2D eigenvalue weighted by atomic mass is 32.2. The number of thioether (sulfide) groups is 1. The lowest BCUT2D eigenvalue weighted by Gasteiger charge is -2.09. The van der Waals surface area contributed by atoms with Gasteiger partial charge >= 0.3 is 0 Å². The average Bonchev–Trinajstić information content (AvgIpc) is 2.67. The minimum Gasteiger partial charge on any atom is -0.490 e. The van der Waals surface area contributed by atoms with Crippen LogP contribution in [0.2, 0.25) is 0 Å². The summed E-state index contributed by atoms with van der Waals surface area (Å²) in [5.74, 6) is 2.06. The molecule has 1 amide bonds. The van der Waals surface area contributed by atoms with Crippen LogP contribution in [0.4, 0.5) is 0 Å². The average molecular weight is 281 g/mol. The van der Waals surface area contributed by atoms with Crippen LogP contribution >= 0.6 is 11.8 Å². The summed E-state index contributed by atoms with van der Waals surface area (Å²) >= 11 is 1.51. The fourth-order valence-corrected chi connectivity index (χ4v) is 2.45. The number of amides is 1. The van der Waals surface area contributed by atoms with Gasteiger partial charge in [0.2, 0.25) is 5.91 Å². The Kier molecular flexibility index (Phi) is 5.39. The van der Waals surface area contributed by atoms with E-state index in [1.54, 1.807) is 0 Å². The third kappa shape index (κ3) is 4.35. The van der Waals surface area contributed by atoms with Crippen molar-refractivity contribution in [3.05, 3.63) is 18.2 Å². The quantitative estimate of drug-likeness (QED) is 0.842. The second-order valence-electron chi connectivity index (χ2n) is 4.30. The molecule has 0 aromatic heterocycles. The van der Waals surface area contributed by atoms with Gasteiger partial charge in [-0.05, 0) is 24.6 Å². The predicted molar refractivity (Wildman–Crippen MR) is 76.1 cm³/mol. The van der Waals surface area contributed by atoms with Crippen LogP contribution in [-0.2, 0) is 4.79 Å². The van der Waals surface area contributed by atoms with Crippen LogP contribution in [0.1, 0.15) is 19.8 Å². The van der Waals surface area contributed by atoms with E-state index in [2.05, 4.69) is 5.32 Å². The Morgan fingerprint density at radius 3 is 2.89 bits per heavy atom. The number of hydrogen-bond acceptors (Lipinski definition) is 4. The molecule has 5 heteroatoms. The van der Waals surface area contributed by atoms with Crippen LogP contribution in [0.25, 0.3) is 0 Å². The molecule has 1 aliphatic rings. The number of benzene rings is 1. The van der Waals surface area contributed by atoms with Crippen LogP contribution in [0.3, 0.4) is 0 Å². The number of fused-ring (bicyclic) bond motifs is 1. The predicted octanol–water partition coefficient (Wildman–Crippen LogP) is 2.47. The Hall–Kier alpha value is -1.36. The number of ether oxygens (including phenoxy) is 2. The van der Waals surface area contributed by atoms with Crippen LogP contribution < -0.4 is 14.8 Å². The number of rotatable bonds is 5. The van der Waals surface area contributed by atoms with Crippen molar-refractivity contribution >= 4 is 17.7 Å². The number of carbonyl (C=O) groups excluding carboxylic acids is 1. The monoisotopic (exact) mass is 281 g/mol. The molecule has 0 saturated carbocycles. The lowest BCUT2D eigenvalue weighted by Crippen LogP contribution is -2.25. The first-order chi connectivity index (χ1) is 9.29. The summed E-state index contributed by atoms with van der Waals surface area (Å²) in [5, 5.41) is 2.86. The van der Waals surface area contributed by atoms with Crippen LogP contribution in [0.5, 0.6) is 11.5 Å². The highest BCUT2D eigenvalue weighted by Gasteiger charge is 2.11. The standard InChI is InChI=1S/C14H19NO3S/c1-2-6-15-14(16)10-19-11-4-5-12-13(9-11)18-8-3-7-17-12/h4-5,9H,2-3,6-8,10H2,1H3,(H,15,16). The summed E-state index contributed by atoms with van der Waals surface area (Å²) in [6, 6.07) is 5.82. The smallest absolute Gasteiger partial charge is 0.230 e. The Balaban J connectivity index is 1.90. The van der Waals surface area contributed by atoms with Gasteiger partial charge in [-0.15, -0.1) is 11.8 Å². The first kappa shape index (κ1) is 14.1. The molecule has 1 aliphatic heterocycles. The van der Waals surface area contributed by atoms with Crippen molar-refractivity contribution < 1.29 is 14.3 Å². The zero-order valence-electron chi connectivity index (χ0n) is 11.1. The molecule has 0 fully saturated rings. The minimum atomic E-state index is 0.0685. The van der Waals surface area contributed by atoms with Crippen LogP contribution in [0.15, 0.2) is 23.1 Å². The molecule has 0 atom stereocenters. The van der Waals surface area contributed by atoms with Crippen molar-refractivity contribution in [2.24, 2.45) is 0 Å². The van der Waals surface area contributed by atoms with Crippen molar-refractivity contribution in [3.8, 4) is 11.5 Å². The minimum absolute atomic E-state index is 0.0685. The third-order valence-corrected chi connectivity index (χ3v) is 3.65. The van der Waals surface area contributed by atoms with Gasteiger partial charge in [0.05, 0.1) is 19.0 Å². The van der Waals surface area contributed by atoms with Crippen molar-refractivity contribution in [1.29, 1.82) is 0 Å². The summed E-state index contributed by atoms with van der Waals surface area (Å²) in [5.41, 5.74) is 0. The normalized spacial score (nSPS) is 13.7. The first-order valence-electron chi connectivity index (χ1n) is 6.58. The van der Waals surface area contributed by atoms with E-state index in [0.29, 0.717) is 19.0 Å². The molecule has 0 aliphatic carbocycles. The molecule has 1 N–H and O–H groups in total. The molecule has 0 spiro atoms. The van der Waals surface area contributed by atoms with Gasteiger partial charge in [0.1, 0.15) is 0 Å². The van der Waals surface area contributed by atoms with Gasteiger partial charge in [-0.25, -0.2) is 0 Å². The SMILES string of the molecule is CCCNC(=O)CSc1ccc2c(c1)OCCCO2. The van der Waals surface area contributed by atoms with Gasteiger partial charge in [0, 0.05) is 17.9 Å². The fraction of sp³-hybridized carbons (Fsp3) is 0.500. The topological polar surface area (TPSA) is 47.6 Å². The van der Waals surface area contributed by atoms with Gasteiger partial charge < -0.3 is 14.8 Å². The molecular weight excluding hydrogens is 262 g/mol. The van der Waals surface area contributed by atoms with E-state index in [4.69, 9.17) is 9.47 Å². The summed E-state index contributed by atoms with van der Waals surface area (Å²) in [4.78, 5) is 12.6. The second-order valence-corrected chi connectivity index (χ2v) is 5.35. The van der Waals surface area contributed by atoms with E-state index in [9.17, 15) is 4.79 Å². The molecule has 1 aromatic rings. The van der Waals surface area contributed by atoms with E-state index in [1.807, 2.05) is 25.1 Å². The van der Waals surface area contributed by atoms with E-state index >= 15 is 0 Å². The van der Waals surface area contributed by atoms with Crippen molar-refractivity contribution in [2.45, 2.75) is 24.7 Å². The molecule has 104 valence electrons. The first-order valence-corrected chi connectivity index (χ1v) is 7.57. The summed E-state index contributed by atoms with van der Waals surface area (Å²) in [6.07, 6.45) is 1.86. The lowest BCUT2D eigenvalue weighted by molar-refractivity contribution is -0.118. The molecule has 0 saturated heterocycles. The molecule has 0 bridgehead atoms. The zero-order valence-corrected chi connectivity index (χ0v) is 11.9. The van der Waals surface area contributed by atoms with E-state index in [0.717, 1.165) is 35.8 Å². The van der Waals surface area contributed by atoms with Gasteiger partial charge in [-0.1, -0.05) is 6.92 Å². The van der Waals surface area contributed by atoms with E-state index in [1.165, 1.54) is 11.8 Å². The maximum atomic E-state index is 11.5. The summed E-state index contributed by atoms with van der Waals surface area (Å²) in [7, 11) is 0. The van der Waals surface area contributed by atoms with Crippen molar-refractivity contribution in [2.75, 3.05) is 25.5 Å². The van der Waals surface area contributed by atoms with Crippen molar-refractivity contribution in [3.63, 3.8) is 0 Å². The maximum Gasteiger partial charge on any atom is 0.230 e. The molecule has 1 heterocycles. The molecule has 19 heavy (non-hydrogen) atoms. The van der Waals surface area contributed by atoms with Gasteiger partial charge in [-0.2, -0.15) is 0 Å². The van der Waals surface area contributed by atoms with E-state index < -0.39 is 0 Å². The highest BCUT2D eigenvalue weighted by molar-refractivity contribution is 8.00. The third-order valence-electron chi connectivity index (χ3n) is 2.66. The van der Waals surface area contributed by atoms with E-state index in [-0.39, 0.29) is 5.91 Å². The van der Waals surface area contributed by atoms with Crippen LogP contribution in [0, 0.1) is 0 Å². The lowest BCUT2D eigenvalue weighted by atomic mass is 10.3. The summed E-state index contributed by atoms with van der Waals surface area (Å²) in [6.45, 7) is 4.15. The van der Waals surface area contributed by atoms with Gasteiger partial charge in [0.25, 0.3) is 0 Å². The van der Waals surface area contributed by atoms with Gasteiger partial charge in [0.15, 0.2) is 11.5 Å². The highest BCUT2D eigenvalue weighted by Crippen LogP contribution is 2.33. The van der Waals surface area contributed by atoms with Gasteiger partial charge in [-0.3, -0.25) is 4.79 Å². The van der Waals surface area contributed by atoms with Crippen molar-refractivity contribution in [1.82, 2.24) is 5.32 Å². The second kappa shape index (κ2) is 7.28. The summed E-state index contributed by atoms with van der Waals surface area (Å²) < 4.78 is 11.2. The number of nitrogens with one attached hydrogen (secondary N) is 1. The Morgan fingerprint density at radius 1 is 1.32 bits per heavy atom. The van der Waals surface area contributed by atoms with Crippen LogP contribution in [-0.4, -0.2) is 31.4 Å². The Bertz CT molecular complexity index is 437. The molecule has 0 unspecified atom stereocenters. The Morgan fingerprint density at radius 2 is 2.11 bits per heavy atom. The fourth-order valence-electron chi connectivity index (χ4n) is 1.70. The maximum absolute atomic E-state index is 11.5. The largest absolute Gasteiger partial charge is 0.490 e. The Labute approximate surface area is 117 Å². The molecular formula is C14H19NO3S. The molecule has 4 nitrogen and oxygen atoms in total. The number of carbonyl (C=O) groups is 1. The number of hydrogen-bond donors (Lipinski definition) is 1. The molecule has 1 aromatic carbocycles.